The van der Waals surface area contributed by atoms with Gasteiger partial charge >= 0.3 is 0 Å². The van der Waals surface area contributed by atoms with E-state index < -0.39 is 0 Å². The lowest BCUT2D eigenvalue weighted by atomic mass is 10.1. The summed E-state index contributed by atoms with van der Waals surface area (Å²) in [6, 6.07) is 12.9. The number of para-hydroxylation sites is 2. The third kappa shape index (κ3) is 2.55. The lowest BCUT2D eigenvalue weighted by Crippen LogP contribution is -2.05. The van der Waals surface area contributed by atoms with Gasteiger partial charge in [0.05, 0.1) is 11.0 Å². The van der Waals surface area contributed by atoms with Crippen LogP contribution in [-0.2, 0) is 6.42 Å². The molecule has 0 fully saturated rings. The van der Waals surface area contributed by atoms with Crippen LogP contribution in [0.2, 0.25) is 0 Å². The smallest absolute Gasteiger partial charge is 0.171 e. The SMILES string of the molecule is NCCc1c(F)cccc1Sc1nc2ccccc2[nH]1. The zero-order valence-corrected chi connectivity index (χ0v) is 11.6. The molecule has 0 radical (unpaired) electrons. The van der Waals surface area contributed by atoms with E-state index in [1.54, 1.807) is 6.07 Å². The zero-order chi connectivity index (χ0) is 13.9. The molecular formula is C15H14FN3S. The van der Waals surface area contributed by atoms with Crippen LogP contribution in [0.4, 0.5) is 4.39 Å². The van der Waals surface area contributed by atoms with Gasteiger partial charge in [0.15, 0.2) is 5.16 Å². The number of benzene rings is 2. The molecule has 0 bridgehead atoms. The van der Waals surface area contributed by atoms with Gasteiger partial charge in [-0.2, -0.15) is 0 Å². The van der Waals surface area contributed by atoms with E-state index in [2.05, 4.69) is 9.97 Å². The van der Waals surface area contributed by atoms with Crippen molar-refractivity contribution < 1.29 is 4.39 Å². The van der Waals surface area contributed by atoms with Crippen molar-refractivity contribution in [3.8, 4) is 0 Å². The monoisotopic (exact) mass is 287 g/mol. The maximum absolute atomic E-state index is 13.8. The van der Waals surface area contributed by atoms with Crippen LogP contribution < -0.4 is 5.73 Å². The summed E-state index contributed by atoms with van der Waals surface area (Å²) in [4.78, 5) is 8.58. The number of hydrogen-bond acceptors (Lipinski definition) is 3. The van der Waals surface area contributed by atoms with Gasteiger partial charge in [0.25, 0.3) is 0 Å². The maximum atomic E-state index is 13.8. The number of fused-ring (bicyclic) bond motifs is 1. The van der Waals surface area contributed by atoms with Crippen molar-refractivity contribution in [2.45, 2.75) is 16.5 Å². The fourth-order valence-electron chi connectivity index (χ4n) is 2.10. The average molecular weight is 287 g/mol. The first kappa shape index (κ1) is 13.1. The van der Waals surface area contributed by atoms with E-state index in [0.717, 1.165) is 21.1 Å². The van der Waals surface area contributed by atoms with Crippen molar-refractivity contribution in [1.82, 2.24) is 9.97 Å². The highest BCUT2D eigenvalue weighted by atomic mass is 32.2. The van der Waals surface area contributed by atoms with Crippen LogP contribution in [0.1, 0.15) is 5.56 Å². The first-order valence-corrected chi connectivity index (χ1v) is 7.19. The van der Waals surface area contributed by atoms with Crippen molar-refractivity contribution in [3.05, 3.63) is 53.8 Å². The molecule has 5 heteroatoms. The molecule has 20 heavy (non-hydrogen) atoms. The molecule has 2 aromatic carbocycles. The number of hydrogen-bond donors (Lipinski definition) is 2. The van der Waals surface area contributed by atoms with Crippen molar-refractivity contribution in [1.29, 1.82) is 0 Å². The van der Waals surface area contributed by atoms with Crippen LogP contribution in [0.5, 0.6) is 0 Å². The first-order valence-electron chi connectivity index (χ1n) is 6.38. The second kappa shape index (κ2) is 5.64. The fraction of sp³-hybridized carbons (Fsp3) is 0.133. The topological polar surface area (TPSA) is 54.7 Å². The van der Waals surface area contributed by atoms with E-state index in [0.29, 0.717) is 18.5 Å². The predicted molar refractivity (Wildman–Crippen MR) is 79.4 cm³/mol. The molecule has 0 unspecified atom stereocenters. The highest BCUT2D eigenvalue weighted by Crippen LogP contribution is 2.31. The molecule has 102 valence electrons. The minimum absolute atomic E-state index is 0.212. The van der Waals surface area contributed by atoms with Crippen molar-refractivity contribution >= 4 is 22.8 Å². The van der Waals surface area contributed by atoms with Gasteiger partial charge < -0.3 is 10.7 Å². The van der Waals surface area contributed by atoms with Gasteiger partial charge in [0.2, 0.25) is 0 Å². The van der Waals surface area contributed by atoms with Crippen LogP contribution in [-0.4, -0.2) is 16.5 Å². The van der Waals surface area contributed by atoms with Gasteiger partial charge in [-0.3, -0.25) is 0 Å². The van der Waals surface area contributed by atoms with E-state index in [9.17, 15) is 4.39 Å². The molecular weight excluding hydrogens is 273 g/mol. The standard InChI is InChI=1S/C15H14FN3S/c16-11-4-3-7-14(10(11)8-9-17)20-15-18-12-5-1-2-6-13(12)19-15/h1-7H,8-9,17H2,(H,18,19). The molecule has 1 aromatic heterocycles. The number of nitrogens with one attached hydrogen (secondary N) is 1. The van der Waals surface area contributed by atoms with E-state index in [-0.39, 0.29) is 5.82 Å². The molecule has 0 aliphatic carbocycles. The lowest BCUT2D eigenvalue weighted by Gasteiger charge is -2.07. The number of nitrogens with zero attached hydrogens (tertiary/aromatic N) is 1. The minimum atomic E-state index is -0.212. The van der Waals surface area contributed by atoms with Crippen LogP contribution in [0.25, 0.3) is 11.0 Å². The Morgan fingerprint density at radius 2 is 2.00 bits per heavy atom. The number of aromatic nitrogens is 2. The highest BCUT2D eigenvalue weighted by molar-refractivity contribution is 7.99. The molecule has 0 saturated heterocycles. The molecule has 0 aliphatic rings. The van der Waals surface area contributed by atoms with E-state index in [1.807, 2.05) is 30.3 Å². The summed E-state index contributed by atoms with van der Waals surface area (Å²) in [7, 11) is 0. The van der Waals surface area contributed by atoms with Gasteiger partial charge in [-0.25, -0.2) is 9.37 Å². The summed E-state index contributed by atoms with van der Waals surface area (Å²) in [6.07, 6.45) is 0.523. The number of imidazole rings is 1. The Kier molecular flexibility index (Phi) is 3.71. The van der Waals surface area contributed by atoms with E-state index in [4.69, 9.17) is 5.73 Å². The Hall–Kier alpha value is -1.85. The second-order valence-corrected chi connectivity index (χ2v) is 5.45. The van der Waals surface area contributed by atoms with Crippen molar-refractivity contribution in [2.75, 3.05) is 6.54 Å². The van der Waals surface area contributed by atoms with Crippen molar-refractivity contribution in [2.24, 2.45) is 5.73 Å². The fourth-order valence-corrected chi connectivity index (χ4v) is 3.09. The van der Waals surface area contributed by atoms with Crippen molar-refractivity contribution in [3.63, 3.8) is 0 Å². The molecule has 1 heterocycles. The third-order valence-electron chi connectivity index (χ3n) is 3.04. The Labute approximate surface area is 120 Å². The summed E-state index contributed by atoms with van der Waals surface area (Å²) >= 11 is 1.43. The molecule has 3 aromatic rings. The van der Waals surface area contributed by atoms with Crippen LogP contribution in [0.3, 0.4) is 0 Å². The molecule has 0 saturated carbocycles. The van der Waals surface area contributed by atoms with E-state index >= 15 is 0 Å². The summed E-state index contributed by atoms with van der Waals surface area (Å²) in [5, 5.41) is 0.759. The molecule has 3 N–H and O–H groups in total. The summed E-state index contributed by atoms with van der Waals surface area (Å²) in [6.45, 7) is 0.425. The van der Waals surface area contributed by atoms with Gasteiger partial charge in [-0.05, 0) is 37.2 Å². The largest absolute Gasteiger partial charge is 0.333 e. The number of nitrogens with two attached hydrogens (primary N) is 1. The molecule has 0 amide bonds. The second-order valence-electron chi connectivity index (χ2n) is 4.42. The molecule has 0 atom stereocenters. The summed E-state index contributed by atoms with van der Waals surface area (Å²) in [5.41, 5.74) is 8.09. The summed E-state index contributed by atoms with van der Waals surface area (Å²) in [5.74, 6) is -0.212. The molecule has 0 aliphatic heterocycles. The molecule has 3 nitrogen and oxygen atoms in total. The number of halogens is 1. The maximum Gasteiger partial charge on any atom is 0.171 e. The van der Waals surface area contributed by atoms with Crippen LogP contribution in [0.15, 0.2) is 52.5 Å². The average Bonchev–Trinajstić information content (AvgIpc) is 2.85. The Balaban J connectivity index is 1.96. The Bertz CT molecular complexity index is 706. The van der Waals surface area contributed by atoms with Gasteiger partial charge in [-0.15, -0.1) is 0 Å². The van der Waals surface area contributed by atoms with Crippen LogP contribution >= 0.6 is 11.8 Å². The number of H-pyrrole nitrogens is 1. The predicted octanol–water partition coefficient (Wildman–Crippen LogP) is 3.35. The van der Waals surface area contributed by atoms with Crippen LogP contribution in [0, 0.1) is 5.82 Å². The quantitative estimate of drug-likeness (QED) is 0.773. The normalized spacial score (nSPS) is 11.1. The lowest BCUT2D eigenvalue weighted by molar-refractivity contribution is 0.603. The Morgan fingerprint density at radius 1 is 1.15 bits per heavy atom. The molecule has 0 spiro atoms. The van der Waals surface area contributed by atoms with Gasteiger partial charge in [0.1, 0.15) is 5.82 Å². The van der Waals surface area contributed by atoms with Gasteiger partial charge in [0, 0.05) is 10.5 Å². The van der Waals surface area contributed by atoms with E-state index in [1.165, 1.54) is 17.8 Å². The first-order chi connectivity index (χ1) is 9.78. The highest BCUT2D eigenvalue weighted by Gasteiger charge is 2.11. The zero-order valence-electron chi connectivity index (χ0n) is 10.8. The third-order valence-corrected chi connectivity index (χ3v) is 4.03. The van der Waals surface area contributed by atoms with Gasteiger partial charge in [-0.1, -0.05) is 30.0 Å². The molecule has 3 rings (SSSR count). The number of aromatic amines is 1. The minimum Gasteiger partial charge on any atom is -0.333 e. The number of rotatable bonds is 4. The Morgan fingerprint density at radius 3 is 2.80 bits per heavy atom. The summed E-state index contributed by atoms with van der Waals surface area (Å²) < 4.78 is 13.8.